The van der Waals surface area contributed by atoms with Crippen LogP contribution in [0.5, 0.6) is 0 Å². The van der Waals surface area contributed by atoms with Gasteiger partial charge in [0.05, 0.1) is 12.2 Å². The van der Waals surface area contributed by atoms with Crippen LogP contribution in [0.2, 0.25) is 0 Å². The van der Waals surface area contributed by atoms with Crippen LogP contribution < -0.4 is 5.32 Å². The lowest BCUT2D eigenvalue weighted by Crippen LogP contribution is -2.27. The highest BCUT2D eigenvalue weighted by Crippen LogP contribution is 2.50. The average Bonchev–Trinajstić information content (AvgIpc) is 3.06. The Labute approximate surface area is 124 Å². The van der Waals surface area contributed by atoms with Crippen molar-refractivity contribution >= 4 is 5.91 Å². The van der Waals surface area contributed by atoms with Gasteiger partial charge < -0.3 is 10.4 Å². The zero-order valence-corrected chi connectivity index (χ0v) is 12.4. The minimum absolute atomic E-state index is 0.0152. The molecule has 0 bridgehead atoms. The van der Waals surface area contributed by atoms with Gasteiger partial charge in [-0.2, -0.15) is 0 Å². The van der Waals surface area contributed by atoms with Crippen LogP contribution in [0.1, 0.15) is 42.6 Å². The Balaban J connectivity index is 2.02. The minimum Gasteiger partial charge on any atom is -0.395 e. The predicted octanol–water partition coefficient (Wildman–Crippen LogP) is 2.34. The third kappa shape index (κ3) is 4.05. The van der Waals surface area contributed by atoms with Crippen LogP contribution in [-0.2, 0) is 0 Å². The summed E-state index contributed by atoms with van der Waals surface area (Å²) in [6, 6.07) is 4.23. The van der Waals surface area contributed by atoms with E-state index in [4.69, 9.17) is 5.11 Å². The van der Waals surface area contributed by atoms with E-state index in [9.17, 15) is 9.18 Å². The molecule has 0 aromatic heterocycles. The van der Waals surface area contributed by atoms with Gasteiger partial charge in [-0.25, -0.2) is 4.39 Å². The lowest BCUT2D eigenvalue weighted by Gasteiger charge is -2.07. The fraction of sp³-hybridized carbons (Fsp3) is 0.471. The molecule has 1 aliphatic carbocycles. The summed E-state index contributed by atoms with van der Waals surface area (Å²) < 4.78 is 13.8. The van der Waals surface area contributed by atoms with E-state index < -0.39 is 11.7 Å². The topological polar surface area (TPSA) is 49.3 Å². The Morgan fingerprint density at radius 2 is 2.24 bits per heavy atom. The number of halogens is 1. The molecule has 3 nitrogen and oxygen atoms in total. The maximum atomic E-state index is 13.8. The fourth-order valence-corrected chi connectivity index (χ4v) is 2.23. The van der Waals surface area contributed by atoms with Gasteiger partial charge in [0.25, 0.3) is 5.91 Å². The molecule has 2 N–H and O–H groups in total. The molecule has 4 heteroatoms. The van der Waals surface area contributed by atoms with Crippen LogP contribution in [0.15, 0.2) is 18.2 Å². The lowest BCUT2D eigenvalue weighted by molar-refractivity contribution is 0.0946. The summed E-state index contributed by atoms with van der Waals surface area (Å²) in [5.41, 5.74) is 0.870. The summed E-state index contributed by atoms with van der Waals surface area (Å²) in [7, 11) is 0. The van der Waals surface area contributed by atoms with Crippen molar-refractivity contribution in [3.8, 4) is 11.8 Å². The van der Waals surface area contributed by atoms with E-state index in [1.165, 1.54) is 18.2 Å². The van der Waals surface area contributed by atoms with Gasteiger partial charge in [-0.3, -0.25) is 4.79 Å². The summed E-state index contributed by atoms with van der Waals surface area (Å²) in [6.45, 7) is 4.87. The molecule has 1 saturated carbocycles. The van der Waals surface area contributed by atoms with Crippen molar-refractivity contribution in [3.05, 3.63) is 35.1 Å². The van der Waals surface area contributed by atoms with Crippen LogP contribution in [0.25, 0.3) is 0 Å². The molecule has 1 aromatic rings. The maximum Gasteiger partial charge on any atom is 0.254 e. The Bertz CT molecular complexity index is 599. The highest BCUT2D eigenvalue weighted by atomic mass is 19.1. The molecular formula is C17H20FNO2. The molecule has 0 radical (unpaired) electrons. The third-order valence-corrected chi connectivity index (χ3v) is 3.91. The molecule has 21 heavy (non-hydrogen) atoms. The predicted molar refractivity (Wildman–Crippen MR) is 79.2 cm³/mol. The molecule has 0 spiro atoms. The highest BCUT2D eigenvalue weighted by Gasteiger charge is 2.45. The van der Waals surface area contributed by atoms with Gasteiger partial charge in [0.1, 0.15) is 5.82 Å². The number of carbonyl (C=O) groups is 1. The molecule has 0 heterocycles. The number of carbonyl (C=O) groups excluding carboxylic acids is 1. The lowest BCUT2D eigenvalue weighted by atomic mass is 10.1. The summed E-state index contributed by atoms with van der Waals surface area (Å²) in [5.74, 6) is 5.08. The van der Waals surface area contributed by atoms with E-state index in [-0.39, 0.29) is 17.6 Å². The number of aliphatic hydroxyl groups excluding tert-OH is 1. The number of hydrogen-bond donors (Lipinski definition) is 2. The van der Waals surface area contributed by atoms with E-state index in [1.807, 2.05) is 0 Å². The Hall–Kier alpha value is -1.86. The van der Waals surface area contributed by atoms with Crippen LogP contribution in [0, 0.1) is 29.0 Å². The average molecular weight is 289 g/mol. The molecule has 2 rings (SSSR count). The van der Waals surface area contributed by atoms with Gasteiger partial charge in [0.2, 0.25) is 0 Å². The number of rotatable bonds is 4. The van der Waals surface area contributed by atoms with Crippen LogP contribution in [-0.4, -0.2) is 24.2 Å². The van der Waals surface area contributed by atoms with Gasteiger partial charge in [-0.15, -0.1) is 0 Å². The van der Waals surface area contributed by atoms with Gasteiger partial charge in [0, 0.05) is 18.5 Å². The smallest absolute Gasteiger partial charge is 0.254 e. The minimum atomic E-state index is -0.546. The quantitative estimate of drug-likeness (QED) is 0.836. The zero-order valence-electron chi connectivity index (χ0n) is 12.4. The normalized spacial score (nSPS) is 18.6. The van der Waals surface area contributed by atoms with Crippen LogP contribution in [0.4, 0.5) is 4.39 Å². The number of aliphatic hydroxyl groups is 1. The monoisotopic (exact) mass is 289 g/mol. The van der Waals surface area contributed by atoms with Crippen molar-refractivity contribution in [1.29, 1.82) is 0 Å². The summed E-state index contributed by atoms with van der Waals surface area (Å²) in [4.78, 5) is 12.1. The third-order valence-electron chi connectivity index (χ3n) is 3.91. The van der Waals surface area contributed by atoms with Crippen molar-refractivity contribution in [2.45, 2.75) is 26.7 Å². The zero-order chi connectivity index (χ0) is 15.5. The van der Waals surface area contributed by atoms with Gasteiger partial charge in [0.15, 0.2) is 0 Å². The number of amides is 1. The van der Waals surface area contributed by atoms with E-state index in [0.717, 1.165) is 6.42 Å². The number of hydrogen-bond acceptors (Lipinski definition) is 2. The Morgan fingerprint density at radius 3 is 2.86 bits per heavy atom. The standard InChI is InChI=1S/C17H20FNO2/c1-17(2)10-13(17)11-19-16(21)14-9-12(5-3-4-8-20)6-7-15(14)18/h6-7,9,13,20H,4,8,10-11H2,1-2H3,(H,19,21). The van der Waals surface area contributed by atoms with Gasteiger partial charge >= 0.3 is 0 Å². The Kier molecular flexibility index (Phi) is 4.64. The molecular weight excluding hydrogens is 269 g/mol. The Morgan fingerprint density at radius 1 is 1.52 bits per heavy atom. The summed E-state index contributed by atoms with van der Waals surface area (Å²) in [5, 5.41) is 11.5. The molecule has 0 aliphatic heterocycles. The first-order chi connectivity index (χ1) is 9.94. The largest absolute Gasteiger partial charge is 0.395 e. The maximum absolute atomic E-state index is 13.8. The molecule has 1 atom stereocenters. The molecule has 1 aliphatic rings. The number of benzene rings is 1. The second-order valence-corrected chi connectivity index (χ2v) is 6.07. The van der Waals surface area contributed by atoms with Crippen molar-refractivity contribution < 1.29 is 14.3 Å². The number of nitrogens with one attached hydrogen (secondary N) is 1. The molecule has 1 amide bonds. The SMILES string of the molecule is CC1(C)CC1CNC(=O)c1cc(C#CCCO)ccc1F. The van der Waals surface area contributed by atoms with Gasteiger partial charge in [-0.05, 0) is 36.0 Å². The molecule has 1 aromatic carbocycles. The van der Waals surface area contributed by atoms with E-state index in [2.05, 4.69) is 31.0 Å². The van der Waals surface area contributed by atoms with Crippen molar-refractivity contribution in [3.63, 3.8) is 0 Å². The van der Waals surface area contributed by atoms with Gasteiger partial charge in [-0.1, -0.05) is 25.7 Å². The second-order valence-electron chi connectivity index (χ2n) is 6.07. The first-order valence-electron chi connectivity index (χ1n) is 7.11. The van der Waals surface area contributed by atoms with Crippen LogP contribution >= 0.6 is 0 Å². The van der Waals surface area contributed by atoms with E-state index in [0.29, 0.717) is 24.4 Å². The first-order valence-corrected chi connectivity index (χ1v) is 7.11. The second kappa shape index (κ2) is 6.28. The van der Waals surface area contributed by atoms with Crippen LogP contribution in [0.3, 0.4) is 0 Å². The molecule has 112 valence electrons. The van der Waals surface area contributed by atoms with E-state index in [1.54, 1.807) is 0 Å². The highest BCUT2D eigenvalue weighted by molar-refractivity contribution is 5.94. The molecule has 0 saturated heterocycles. The fourth-order valence-electron chi connectivity index (χ4n) is 2.23. The van der Waals surface area contributed by atoms with E-state index >= 15 is 0 Å². The molecule has 1 unspecified atom stereocenters. The summed E-state index contributed by atoms with van der Waals surface area (Å²) in [6.07, 6.45) is 1.44. The van der Waals surface area contributed by atoms with Crippen molar-refractivity contribution in [2.24, 2.45) is 11.3 Å². The summed E-state index contributed by atoms with van der Waals surface area (Å²) >= 11 is 0. The van der Waals surface area contributed by atoms with Crippen molar-refractivity contribution in [1.82, 2.24) is 5.32 Å². The van der Waals surface area contributed by atoms with Crippen molar-refractivity contribution in [2.75, 3.05) is 13.2 Å². The molecule has 1 fully saturated rings. The first kappa shape index (κ1) is 15.5.